The number of ether oxygens (including phenoxy) is 1. The predicted octanol–water partition coefficient (Wildman–Crippen LogP) is 4.62. The summed E-state index contributed by atoms with van der Waals surface area (Å²) in [6.07, 6.45) is 8.53. The van der Waals surface area contributed by atoms with Gasteiger partial charge in [-0.2, -0.15) is 0 Å². The number of carbonyl (C=O) groups is 1. The van der Waals surface area contributed by atoms with E-state index in [2.05, 4.69) is 22.8 Å². The zero-order chi connectivity index (χ0) is 18.6. The molecule has 2 heterocycles. The summed E-state index contributed by atoms with van der Waals surface area (Å²) in [5.41, 5.74) is 4.19. The highest BCUT2D eigenvalue weighted by Gasteiger charge is 2.21. The van der Waals surface area contributed by atoms with Crippen molar-refractivity contribution in [3.8, 4) is 5.75 Å². The van der Waals surface area contributed by atoms with Crippen LogP contribution in [0.15, 0.2) is 35.7 Å². The van der Waals surface area contributed by atoms with Gasteiger partial charge in [0.2, 0.25) is 0 Å². The van der Waals surface area contributed by atoms with Crippen LogP contribution in [0.3, 0.4) is 0 Å². The Hall–Kier alpha value is -2.11. The predicted molar refractivity (Wildman–Crippen MR) is 108 cm³/mol. The third-order valence-electron chi connectivity index (χ3n) is 5.35. The molecular formula is C22H25NO3S. The van der Waals surface area contributed by atoms with Crippen molar-refractivity contribution in [2.75, 3.05) is 6.54 Å². The Morgan fingerprint density at radius 3 is 2.96 bits per heavy atom. The van der Waals surface area contributed by atoms with E-state index in [1.54, 1.807) is 11.3 Å². The summed E-state index contributed by atoms with van der Waals surface area (Å²) < 4.78 is 6.01. The number of hydrogen-bond donors (Lipinski definition) is 2. The molecule has 5 heteroatoms. The van der Waals surface area contributed by atoms with E-state index in [9.17, 15) is 4.79 Å². The molecule has 0 amide bonds. The first-order chi connectivity index (χ1) is 13.2. The maximum Gasteiger partial charge on any atom is 0.307 e. The summed E-state index contributed by atoms with van der Waals surface area (Å²) >= 11 is 1.73. The normalized spacial score (nSPS) is 18.0. The van der Waals surface area contributed by atoms with Gasteiger partial charge in [-0.25, -0.2) is 0 Å². The van der Waals surface area contributed by atoms with Crippen LogP contribution in [0.2, 0.25) is 0 Å². The Morgan fingerprint density at radius 2 is 2.15 bits per heavy atom. The lowest BCUT2D eigenvalue weighted by Crippen LogP contribution is -2.26. The third kappa shape index (κ3) is 4.25. The number of carboxylic acids is 1. The van der Waals surface area contributed by atoms with Crippen LogP contribution in [0.5, 0.6) is 5.75 Å². The van der Waals surface area contributed by atoms with Crippen molar-refractivity contribution in [3.63, 3.8) is 0 Å². The molecule has 1 aromatic heterocycles. The van der Waals surface area contributed by atoms with Gasteiger partial charge in [0.25, 0.3) is 0 Å². The SMILES string of the molecule is O=C(O)Cc1ccc2c(c1)/C(=C\CCNC1CCCC1)c1sccc1CO2. The second-order valence-electron chi connectivity index (χ2n) is 7.31. The lowest BCUT2D eigenvalue weighted by molar-refractivity contribution is -0.136. The van der Waals surface area contributed by atoms with Gasteiger partial charge in [0.15, 0.2) is 0 Å². The van der Waals surface area contributed by atoms with Gasteiger partial charge in [-0.1, -0.05) is 25.0 Å². The molecule has 4 rings (SSSR count). The number of hydrogen-bond acceptors (Lipinski definition) is 4. The Morgan fingerprint density at radius 1 is 1.30 bits per heavy atom. The van der Waals surface area contributed by atoms with E-state index in [0.717, 1.165) is 29.8 Å². The van der Waals surface area contributed by atoms with Crippen molar-refractivity contribution >= 4 is 22.9 Å². The Kier molecular flexibility index (Phi) is 5.60. The van der Waals surface area contributed by atoms with E-state index in [-0.39, 0.29) is 6.42 Å². The standard InChI is InChI=1S/C22H25NO3S/c24-21(25)13-15-7-8-20-19(12-15)18(22-16(14-26-20)9-11-27-22)6-3-10-23-17-4-1-2-5-17/h6-9,11-12,17,23H,1-5,10,13-14H2,(H,24,25)/b18-6+. The van der Waals surface area contributed by atoms with Crippen LogP contribution in [0.25, 0.3) is 5.57 Å². The summed E-state index contributed by atoms with van der Waals surface area (Å²) in [5.74, 6) is 0.0233. The van der Waals surface area contributed by atoms with Gasteiger partial charge in [-0.05, 0) is 60.5 Å². The molecule has 27 heavy (non-hydrogen) atoms. The number of rotatable bonds is 6. The summed E-state index contributed by atoms with van der Waals surface area (Å²) in [7, 11) is 0. The van der Waals surface area contributed by atoms with Gasteiger partial charge < -0.3 is 15.2 Å². The molecule has 1 aliphatic carbocycles. The molecule has 0 spiro atoms. The first-order valence-corrected chi connectivity index (χ1v) is 10.6. The third-order valence-corrected chi connectivity index (χ3v) is 6.34. The summed E-state index contributed by atoms with van der Waals surface area (Å²) in [4.78, 5) is 12.4. The Bertz CT molecular complexity index is 849. The molecule has 1 fully saturated rings. The average Bonchev–Trinajstić information content (AvgIpc) is 3.30. The summed E-state index contributed by atoms with van der Waals surface area (Å²) in [6.45, 7) is 1.53. The van der Waals surface area contributed by atoms with Crippen LogP contribution in [0, 0.1) is 0 Å². The molecule has 0 bridgehead atoms. The molecule has 2 aromatic rings. The second kappa shape index (κ2) is 8.28. The molecule has 0 saturated heterocycles. The minimum atomic E-state index is -0.812. The first kappa shape index (κ1) is 18.3. The first-order valence-electron chi connectivity index (χ1n) is 9.69. The van der Waals surface area contributed by atoms with Crippen LogP contribution in [0.1, 0.15) is 53.7 Å². The fourth-order valence-corrected chi connectivity index (χ4v) is 4.97. The molecule has 2 N–H and O–H groups in total. The minimum Gasteiger partial charge on any atom is -0.488 e. The van der Waals surface area contributed by atoms with Crippen LogP contribution in [-0.2, 0) is 17.8 Å². The van der Waals surface area contributed by atoms with Crippen molar-refractivity contribution in [2.45, 2.75) is 51.2 Å². The Balaban J connectivity index is 1.60. The van der Waals surface area contributed by atoms with Crippen LogP contribution in [0.4, 0.5) is 0 Å². The van der Waals surface area contributed by atoms with E-state index in [0.29, 0.717) is 12.6 Å². The maximum atomic E-state index is 11.1. The van der Waals surface area contributed by atoms with Crippen molar-refractivity contribution in [2.24, 2.45) is 0 Å². The van der Waals surface area contributed by atoms with E-state index >= 15 is 0 Å². The zero-order valence-corrected chi connectivity index (χ0v) is 16.2. The molecule has 1 aromatic carbocycles. The molecule has 0 unspecified atom stereocenters. The molecule has 2 aliphatic rings. The smallest absolute Gasteiger partial charge is 0.307 e. The van der Waals surface area contributed by atoms with Crippen molar-refractivity contribution in [1.29, 1.82) is 0 Å². The van der Waals surface area contributed by atoms with E-state index in [1.165, 1.54) is 41.7 Å². The van der Waals surface area contributed by atoms with E-state index in [4.69, 9.17) is 9.84 Å². The lowest BCUT2D eigenvalue weighted by atomic mass is 9.97. The monoisotopic (exact) mass is 383 g/mol. The number of aliphatic carboxylic acids is 1. The van der Waals surface area contributed by atoms with Crippen LogP contribution < -0.4 is 10.1 Å². The molecular weight excluding hydrogens is 358 g/mol. The quantitative estimate of drug-likeness (QED) is 0.715. The summed E-state index contributed by atoms with van der Waals surface area (Å²) in [5, 5.41) is 14.9. The number of nitrogens with one attached hydrogen (secondary N) is 1. The van der Waals surface area contributed by atoms with E-state index in [1.807, 2.05) is 18.2 Å². The highest BCUT2D eigenvalue weighted by Crippen LogP contribution is 2.40. The molecule has 1 aliphatic heterocycles. The molecule has 1 saturated carbocycles. The zero-order valence-electron chi connectivity index (χ0n) is 15.4. The topological polar surface area (TPSA) is 58.6 Å². The van der Waals surface area contributed by atoms with Gasteiger partial charge in [0.05, 0.1) is 6.42 Å². The average molecular weight is 384 g/mol. The van der Waals surface area contributed by atoms with Gasteiger partial charge in [0, 0.05) is 22.0 Å². The minimum absolute atomic E-state index is 0.0289. The Labute approximate surface area is 163 Å². The van der Waals surface area contributed by atoms with Crippen molar-refractivity contribution in [3.05, 3.63) is 57.3 Å². The molecule has 0 atom stereocenters. The molecule has 4 nitrogen and oxygen atoms in total. The maximum absolute atomic E-state index is 11.1. The number of fused-ring (bicyclic) bond motifs is 2. The number of benzene rings is 1. The number of thiophene rings is 1. The van der Waals surface area contributed by atoms with Gasteiger partial charge >= 0.3 is 5.97 Å². The van der Waals surface area contributed by atoms with E-state index < -0.39 is 5.97 Å². The largest absolute Gasteiger partial charge is 0.488 e. The summed E-state index contributed by atoms with van der Waals surface area (Å²) in [6, 6.07) is 8.54. The van der Waals surface area contributed by atoms with Crippen LogP contribution >= 0.6 is 11.3 Å². The van der Waals surface area contributed by atoms with Crippen molar-refractivity contribution in [1.82, 2.24) is 5.32 Å². The van der Waals surface area contributed by atoms with Gasteiger partial charge in [0.1, 0.15) is 12.4 Å². The fourth-order valence-electron chi connectivity index (χ4n) is 4.00. The number of carboxylic acid groups (broad SMARTS) is 1. The van der Waals surface area contributed by atoms with Gasteiger partial charge in [-0.15, -0.1) is 11.3 Å². The lowest BCUT2D eigenvalue weighted by Gasteiger charge is -2.13. The second-order valence-corrected chi connectivity index (χ2v) is 8.22. The highest BCUT2D eigenvalue weighted by molar-refractivity contribution is 7.11. The van der Waals surface area contributed by atoms with Gasteiger partial charge in [-0.3, -0.25) is 4.79 Å². The highest BCUT2D eigenvalue weighted by atomic mass is 32.1. The molecule has 142 valence electrons. The molecule has 0 radical (unpaired) electrons. The van der Waals surface area contributed by atoms with Crippen molar-refractivity contribution < 1.29 is 14.6 Å². The fraction of sp³-hybridized carbons (Fsp3) is 0.409. The van der Waals surface area contributed by atoms with Crippen LogP contribution in [-0.4, -0.2) is 23.7 Å².